The van der Waals surface area contributed by atoms with Crippen LogP contribution in [-0.2, 0) is 19.1 Å². The van der Waals surface area contributed by atoms with Gasteiger partial charge < -0.3 is 29.3 Å². The van der Waals surface area contributed by atoms with Crippen LogP contribution < -0.4 is 14.5 Å². The molecule has 232 valence electrons. The van der Waals surface area contributed by atoms with Gasteiger partial charge in [0, 0.05) is 24.5 Å². The number of likely N-dealkylation sites (tertiary alicyclic amines) is 1. The van der Waals surface area contributed by atoms with E-state index >= 15 is 0 Å². The van der Waals surface area contributed by atoms with Crippen LogP contribution in [0.4, 0.5) is 11.4 Å². The average molecular weight is 608 g/mol. The van der Waals surface area contributed by atoms with E-state index in [2.05, 4.69) is 0 Å². The molecule has 9 heteroatoms. The van der Waals surface area contributed by atoms with Crippen LogP contribution in [0.1, 0.15) is 20.8 Å². The van der Waals surface area contributed by atoms with E-state index in [0.29, 0.717) is 30.3 Å². The lowest BCUT2D eigenvalue weighted by molar-refractivity contribution is -0.147. The van der Waals surface area contributed by atoms with Crippen LogP contribution in [0.2, 0.25) is 0 Å². The number of aliphatic hydroxyl groups is 1. The number of anilines is 2. The van der Waals surface area contributed by atoms with Gasteiger partial charge in [0.2, 0.25) is 11.8 Å². The summed E-state index contributed by atoms with van der Waals surface area (Å²) < 4.78 is 12.5. The van der Waals surface area contributed by atoms with E-state index < -0.39 is 35.1 Å². The van der Waals surface area contributed by atoms with Gasteiger partial charge in [-0.15, -0.1) is 0 Å². The van der Waals surface area contributed by atoms with Gasteiger partial charge in [0.1, 0.15) is 17.4 Å². The molecule has 1 spiro atoms. The number of benzene rings is 3. The summed E-state index contributed by atoms with van der Waals surface area (Å²) in [5.74, 6) is -2.12. The van der Waals surface area contributed by atoms with Gasteiger partial charge in [0.25, 0.3) is 5.91 Å². The molecule has 0 saturated carbocycles. The zero-order valence-corrected chi connectivity index (χ0v) is 25.6. The Morgan fingerprint density at radius 1 is 0.867 bits per heavy atom. The number of hydrogen-bond acceptors (Lipinski definition) is 6. The van der Waals surface area contributed by atoms with Gasteiger partial charge in [-0.05, 0) is 67.9 Å². The fraction of sp³-hybridized carbons (Fsp3) is 0.361. The maximum Gasteiger partial charge on any atom is 0.253 e. The molecule has 1 unspecified atom stereocenters. The lowest BCUT2D eigenvalue weighted by Crippen LogP contribution is -2.58. The van der Waals surface area contributed by atoms with Crippen LogP contribution in [0.25, 0.3) is 10.8 Å². The smallest absolute Gasteiger partial charge is 0.253 e. The van der Waals surface area contributed by atoms with E-state index in [9.17, 15) is 19.5 Å². The minimum absolute atomic E-state index is 0.254. The fourth-order valence-corrected chi connectivity index (χ4v) is 7.72. The standard InChI is InChI=1S/C36H37N3O6/c1-4-44-28-15-13-26(14-16-28)37-19-7-17-35(3)29(32(37)41)30-33(42)39(23(2)22-40)31-34(43)38(20-8-18-36(30,31)45-35)27-12-11-24-9-5-6-10-25(24)21-27/h5-18,21,23,29-31,40H,4,19-20,22H2,1-3H3/t23-,29+,30+,31?,35-,36+/m1/s1. The Labute approximate surface area is 262 Å². The Balaban J connectivity index is 1.31. The maximum atomic E-state index is 14.7. The molecule has 4 heterocycles. The van der Waals surface area contributed by atoms with Crippen molar-refractivity contribution < 1.29 is 29.0 Å². The molecule has 7 rings (SSSR count). The molecule has 0 bridgehead atoms. The third-order valence-corrected chi connectivity index (χ3v) is 9.74. The lowest BCUT2D eigenvalue weighted by atomic mass is 9.74. The SMILES string of the molecule is CCOc1ccc(N2CC=C[C@@]3(C)O[C@]45C=CCN(c6ccc7ccccc7c6)C(=O)C4N([C@H](C)CO)C(=O)[C@@H]5[C@H]3C2=O)cc1. The lowest BCUT2D eigenvalue weighted by Gasteiger charge is -2.39. The number of rotatable bonds is 6. The molecule has 0 radical (unpaired) electrons. The van der Waals surface area contributed by atoms with Crippen LogP contribution in [0, 0.1) is 11.8 Å². The second kappa shape index (κ2) is 10.9. The summed E-state index contributed by atoms with van der Waals surface area (Å²) in [5, 5.41) is 12.3. The molecule has 4 aliphatic heterocycles. The van der Waals surface area contributed by atoms with Gasteiger partial charge in [-0.25, -0.2) is 0 Å². The first-order valence-electron chi connectivity index (χ1n) is 15.6. The van der Waals surface area contributed by atoms with E-state index in [-0.39, 0.29) is 30.9 Å². The van der Waals surface area contributed by atoms with Crippen molar-refractivity contribution in [3.63, 3.8) is 0 Å². The Morgan fingerprint density at radius 2 is 1.53 bits per heavy atom. The summed E-state index contributed by atoms with van der Waals surface area (Å²) >= 11 is 0. The fourth-order valence-electron chi connectivity index (χ4n) is 7.72. The van der Waals surface area contributed by atoms with Gasteiger partial charge >= 0.3 is 0 Å². The van der Waals surface area contributed by atoms with E-state index in [4.69, 9.17) is 9.47 Å². The number of ether oxygens (including phenoxy) is 2. The van der Waals surface area contributed by atoms with Crippen LogP contribution in [-0.4, -0.2) is 77.3 Å². The summed E-state index contributed by atoms with van der Waals surface area (Å²) in [6.07, 6.45) is 7.45. The zero-order valence-electron chi connectivity index (χ0n) is 25.6. The number of hydrogen-bond donors (Lipinski definition) is 1. The van der Waals surface area contributed by atoms with Crippen molar-refractivity contribution in [2.75, 3.05) is 36.1 Å². The van der Waals surface area contributed by atoms with Crippen LogP contribution in [0.3, 0.4) is 0 Å². The average Bonchev–Trinajstić information content (AvgIpc) is 3.32. The molecule has 0 aliphatic carbocycles. The molecule has 3 aromatic carbocycles. The number of amides is 3. The Morgan fingerprint density at radius 3 is 2.24 bits per heavy atom. The normalized spacial score (nSPS) is 29.8. The van der Waals surface area contributed by atoms with Gasteiger partial charge in [-0.2, -0.15) is 0 Å². The van der Waals surface area contributed by atoms with Crippen molar-refractivity contribution >= 4 is 39.9 Å². The molecular formula is C36H37N3O6. The van der Waals surface area contributed by atoms with Gasteiger partial charge in [-0.3, -0.25) is 14.4 Å². The number of aliphatic hydroxyl groups excluding tert-OH is 1. The minimum Gasteiger partial charge on any atom is -0.494 e. The summed E-state index contributed by atoms with van der Waals surface area (Å²) in [7, 11) is 0. The summed E-state index contributed by atoms with van der Waals surface area (Å²) in [6, 6.07) is 19.3. The van der Waals surface area contributed by atoms with Crippen LogP contribution >= 0.6 is 0 Å². The highest BCUT2D eigenvalue weighted by molar-refractivity contribution is 6.08. The number of fused-ring (bicyclic) bond motifs is 3. The van der Waals surface area contributed by atoms with Crippen molar-refractivity contribution in [3.8, 4) is 5.75 Å². The van der Waals surface area contributed by atoms with E-state index in [1.165, 1.54) is 4.90 Å². The van der Waals surface area contributed by atoms with Gasteiger partial charge in [0.15, 0.2) is 0 Å². The predicted octanol–water partition coefficient (Wildman–Crippen LogP) is 4.10. The first-order valence-corrected chi connectivity index (χ1v) is 15.6. The van der Waals surface area contributed by atoms with Crippen LogP contribution in [0.5, 0.6) is 5.75 Å². The number of carbonyl (C=O) groups is 3. The van der Waals surface area contributed by atoms with Crippen molar-refractivity contribution in [2.45, 2.75) is 44.1 Å². The second-order valence-electron chi connectivity index (χ2n) is 12.4. The molecule has 6 atom stereocenters. The highest BCUT2D eigenvalue weighted by atomic mass is 16.5. The molecule has 2 fully saturated rings. The molecule has 4 aliphatic rings. The van der Waals surface area contributed by atoms with Crippen molar-refractivity contribution in [3.05, 3.63) is 91.0 Å². The first kappa shape index (κ1) is 29.3. The molecule has 2 saturated heterocycles. The maximum absolute atomic E-state index is 14.7. The van der Waals surface area contributed by atoms with E-state index in [1.54, 1.807) is 16.7 Å². The van der Waals surface area contributed by atoms with E-state index in [0.717, 1.165) is 10.8 Å². The third kappa shape index (κ3) is 4.40. The minimum atomic E-state index is -1.41. The summed E-state index contributed by atoms with van der Waals surface area (Å²) in [5.41, 5.74) is -1.18. The molecule has 1 N–H and O–H groups in total. The Bertz CT molecular complexity index is 1740. The summed E-state index contributed by atoms with van der Waals surface area (Å²) in [4.78, 5) is 48.6. The highest BCUT2D eigenvalue weighted by Crippen LogP contribution is 2.58. The van der Waals surface area contributed by atoms with E-state index in [1.807, 2.05) is 105 Å². The Hall–Kier alpha value is -4.47. The molecular weight excluding hydrogens is 570 g/mol. The molecule has 9 nitrogen and oxygen atoms in total. The highest BCUT2D eigenvalue weighted by Gasteiger charge is 2.75. The molecule has 0 aromatic heterocycles. The monoisotopic (exact) mass is 607 g/mol. The van der Waals surface area contributed by atoms with Crippen molar-refractivity contribution in [1.29, 1.82) is 0 Å². The third-order valence-electron chi connectivity index (χ3n) is 9.74. The zero-order chi connectivity index (χ0) is 31.5. The molecule has 3 aromatic rings. The molecule has 3 amide bonds. The first-order chi connectivity index (χ1) is 21.7. The van der Waals surface area contributed by atoms with Crippen LogP contribution in [0.15, 0.2) is 91.0 Å². The van der Waals surface area contributed by atoms with Crippen molar-refractivity contribution in [2.24, 2.45) is 11.8 Å². The number of nitrogens with zero attached hydrogens (tertiary/aromatic N) is 3. The molecule has 45 heavy (non-hydrogen) atoms. The second-order valence-corrected chi connectivity index (χ2v) is 12.4. The quantitative estimate of drug-likeness (QED) is 0.424. The largest absolute Gasteiger partial charge is 0.494 e. The van der Waals surface area contributed by atoms with Gasteiger partial charge in [0.05, 0.1) is 36.7 Å². The Kier molecular flexibility index (Phi) is 7.06. The van der Waals surface area contributed by atoms with Gasteiger partial charge in [-0.1, -0.05) is 54.6 Å². The summed E-state index contributed by atoms with van der Waals surface area (Å²) in [6.45, 7) is 6.22. The number of carbonyl (C=O) groups excluding carboxylic acids is 3. The predicted molar refractivity (Wildman–Crippen MR) is 171 cm³/mol. The topological polar surface area (TPSA) is 99.6 Å². The van der Waals surface area contributed by atoms with Crippen molar-refractivity contribution in [1.82, 2.24) is 4.90 Å².